The molecular formula is C11H14N2O4S. The lowest BCUT2D eigenvalue weighted by atomic mass is 10.4. The van der Waals surface area contributed by atoms with Gasteiger partial charge in [0.1, 0.15) is 4.90 Å². The summed E-state index contributed by atoms with van der Waals surface area (Å²) in [5, 5.41) is 0. The zero-order valence-corrected chi connectivity index (χ0v) is 10.7. The summed E-state index contributed by atoms with van der Waals surface area (Å²) >= 11 is 0. The van der Waals surface area contributed by atoms with Gasteiger partial charge in [0, 0.05) is 19.0 Å². The van der Waals surface area contributed by atoms with Gasteiger partial charge in [0.15, 0.2) is 0 Å². The van der Waals surface area contributed by atoms with Gasteiger partial charge in [-0.3, -0.25) is 9.78 Å². The second kappa shape index (κ2) is 5.03. The molecule has 1 aliphatic rings. The van der Waals surface area contributed by atoms with Gasteiger partial charge < -0.3 is 4.74 Å². The molecule has 1 aromatic rings. The molecule has 1 aromatic heterocycles. The van der Waals surface area contributed by atoms with Crippen LogP contribution in [0.5, 0.6) is 0 Å². The van der Waals surface area contributed by atoms with E-state index in [1.54, 1.807) is 0 Å². The van der Waals surface area contributed by atoms with E-state index in [1.165, 1.54) is 24.5 Å². The van der Waals surface area contributed by atoms with Gasteiger partial charge in [-0.15, -0.1) is 0 Å². The van der Waals surface area contributed by atoms with E-state index in [2.05, 4.69) is 4.98 Å². The van der Waals surface area contributed by atoms with E-state index in [4.69, 9.17) is 4.74 Å². The highest BCUT2D eigenvalue weighted by Gasteiger charge is 2.45. The topological polar surface area (TPSA) is 85.4 Å². The molecule has 2 atom stereocenters. The Balaban J connectivity index is 2.00. The van der Waals surface area contributed by atoms with Gasteiger partial charge in [-0.2, -0.15) is 0 Å². The Morgan fingerprint density at radius 1 is 1.61 bits per heavy atom. The minimum absolute atomic E-state index is 0.0213. The minimum Gasteiger partial charge on any atom is -0.378 e. The fourth-order valence-electron chi connectivity index (χ4n) is 1.62. The SMILES string of the molecule is CCOC1CC1C(=O)NS(=O)(=O)c1cccnc1. The number of rotatable bonds is 5. The molecule has 0 aliphatic heterocycles. The number of hydrogen-bond donors (Lipinski definition) is 1. The molecule has 1 fully saturated rings. The third-order valence-electron chi connectivity index (χ3n) is 2.63. The number of nitrogens with one attached hydrogen (secondary N) is 1. The maximum atomic E-state index is 11.8. The fraction of sp³-hybridized carbons (Fsp3) is 0.455. The summed E-state index contributed by atoms with van der Waals surface area (Å²) in [6.07, 6.45) is 3.08. The van der Waals surface area contributed by atoms with Gasteiger partial charge in [-0.25, -0.2) is 13.1 Å². The van der Waals surface area contributed by atoms with Gasteiger partial charge in [0.2, 0.25) is 5.91 Å². The largest absolute Gasteiger partial charge is 0.378 e. The van der Waals surface area contributed by atoms with Crippen LogP contribution >= 0.6 is 0 Å². The number of carbonyl (C=O) groups excluding carboxylic acids is 1. The third-order valence-corrected chi connectivity index (χ3v) is 3.96. The molecule has 0 spiro atoms. The minimum atomic E-state index is -3.82. The Labute approximate surface area is 105 Å². The van der Waals surface area contributed by atoms with Gasteiger partial charge in [0.25, 0.3) is 10.0 Å². The van der Waals surface area contributed by atoms with E-state index in [9.17, 15) is 13.2 Å². The van der Waals surface area contributed by atoms with Gasteiger partial charge in [-0.1, -0.05) is 0 Å². The van der Waals surface area contributed by atoms with E-state index >= 15 is 0 Å². The van der Waals surface area contributed by atoms with Crippen molar-refractivity contribution >= 4 is 15.9 Å². The van der Waals surface area contributed by atoms with Crippen LogP contribution in [0.3, 0.4) is 0 Å². The van der Waals surface area contributed by atoms with Crippen LogP contribution in [0.1, 0.15) is 13.3 Å². The first-order chi connectivity index (χ1) is 8.54. The molecule has 2 unspecified atom stereocenters. The molecule has 6 nitrogen and oxygen atoms in total. The molecule has 1 heterocycles. The quantitative estimate of drug-likeness (QED) is 0.832. The fourth-order valence-corrected chi connectivity index (χ4v) is 2.61. The van der Waals surface area contributed by atoms with Crippen molar-refractivity contribution in [1.29, 1.82) is 0 Å². The number of nitrogens with zero attached hydrogens (tertiary/aromatic N) is 1. The van der Waals surface area contributed by atoms with Crippen LogP contribution in [-0.4, -0.2) is 32.0 Å². The average molecular weight is 270 g/mol. The van der Waals surface area contributed by atoms with E-state index in [0.29, 0.717) is 13.0 Å². The maximum absolute atomic E-state index is 11.8. The van der Waals surface area contributed by atoms with Crippen molar-refractivity contribution in [2.75, 3.05) is 6.61 Å². The summed E-state index contributed by atoms with van der Waals surface area (Å²) in [6.45, 7) is 2.35. The number of aromatic nitrogens is 1. The summed E-state index contributed by atoms with van der Waals surface area (Å²) in [5.74, 6) is -0.881. The van der Waals surface area contributed by atoms with Crippen LogP contribution in [0.2, 0.25) is 0 Å². The number of amides is 1. The van der Waals surface area contributed by atoms with Gasteiger partial charge >= 0.3 is 0 Å². The molecule has 0 saturated heterocycles. The Bertz CT molecular complexity index is 529. The van der Waals surface area contributed by atoms with E-state index in [0.717, 1.165) is 0 Å². The molecule has 7 heteroatoms. The standard InChI is InChI=1S/C11H14N2O4S/c1-2-17-10-6-9(10)11(14)13-18(15,16)8-4-3-5-12-7-8/h3-5,7,9-10H,2,6H2,1H3,(H,13,14). The first kappa shape index (κ1) is 13.0. The predicted octanol–water partition coefficient (Wildman–Crippen LogP) is 0.311. The van der Waals surface area contributed by atoms with Gasteiger partial charge in [-0.05, 0) is 25.5 Å². The lowest BCUT2D eigenvalue weighted by molar-refractivity contribution is -0.121. The summed E-state index contributed by atoms with van der Waals surface area (Å²) in [6, 6.07) is 2.88. The normalized spacial score (nSPS) is 22.5. The second-order valence-corrected chi connectivity index (χ2v) is 5.68. The smallest absolute Gasteiger partial charge is 0.265 e. The van der Waals surface area contributed by atoms with Crippen LogP contribution < -0.4 is 4.72 Å². The first-order valence-electron chi connectivity index (χ1n) is 5.63. The molecule has 1 saturated carbocycles. The Morgan fingerprint density at radius 2 is 2.39 bits per heavy atom. The van der Waals surface area contributed by atoms with Crippen LogP contribution in [0.4, 0.5) is 0 Å². The maximum Gasteiger partial charge on any atom is 0.265 e. The van der Waals surface area contributed by atoms with E-state index in [1.807, 2.05) is 11.6 Å². The molecule has 18 heavy (non-hydrogen) atoms. The molecule has 1 amide bonds. The zero-order chi connectivity index (χ0) is 13.2. The number of carbonyl (C=O) groups is 1. The molecule has 2 rings (SSSR count). The second-order valence-electron chi connectivity index (χ2n) is 3.99. The van der Waals surface area contributed by atoms with Gasteiger partial charge in [0.05, 0.1) is 12.0 Å². The van der Waals surface area contributed by atoms with Crippen molar-refractivity contribution in [1.82, 2.24) is 9.71 Å². The molecule has 0 bridgehead atoms. The molecular weight excluding hydrogens is 256 g/mol. The number of pyridine rings is 1. The number of sulfonamides is 1. The third kappa shape index (κ3) is 2.85. The Hall–Kier alpha value is -1.47. The van der Waals surface area contributed by atoms with Crippen molar-refractivity contribution in [2.24, 2.45) is 5.92 Å². The van der Waals surface area contributed by atoms with Crippen molar-refractivity contribution in [3.05, 3.63) is 24.5 Å². The Morgan fingerprint density at radius 3 is 3.00 bits per heavy atom. The van der Waals surface area contributed by atoms with Crippen molar-refractivity contribution < 1.29 is 17.9 Å². The first-order valence-corrected chi connectivity index (χ1v) is 7.11. The summed E-state index contributed by atoms with van der Waals surface area (Å²) in [7, 11) is -3.82. The lowest BCUT2D eigenvalue weighted by Gasteiger charge is -2.06. The van der Waals surface area contributed by atoms with Crippen molar-refractivity contribution in [3.63, 3.8) is 0 Å². The van der Waals surface area contributed by atoms with Crippen molar-refractivity contribution in [3.8, 4) is 0 Å². The predicted molar refractivity (Wildman–Crippen MR) is 63.1 cm³/mol. The number of hydrogen-bond acceptors (Lipinski definition) is 5. The monoisotopic (exact) mass is 270 g/mol. The molecule has 98 valence electrons. The summed E-state index contributed by atoms with van der Waals surface area (Å²) < 4.78 is 30.9. The highest BCUT2D eigenvalue weighted by atomic mass is 32.2. The molecule has 0 aromatic carbocycles. The molecule has 1 N–H and O–H groups in total. The van der Waals surface area contributed by atoms with Crippen LogP contribution in [0.25, 0.3) is 0 Å². The highest BCUT2D eigenvalue weighted by Crippen LogP contribution is 2.34. The average Bonchev–Trinajstić information content (AvgIpc) is 3.10. The highest BCUT2D eigenvalue weighted by molar-refractivity contribution is 7.90. The lowest BCUT2D eigenvalue weighted by Crippen LogP contribution is -2.32. The van der Waals surface area contributed by atoms with Crippen LogP contribution in [0, 0.1) is 5.92 Å². The zero-order valence-electron chi connectivity index (χ0n) is 9.87. The van der Waals surface area contributed by atoms with Crippen molar-refractivity contribution in [2.45, 2.75) is 24.3 Å². The van der Waals surface area contributed by atoms with E-state index < -0.39 is 15.9 Å². The molecule has 0 radical (unpaired) electrons. The summed E-state index contributed by atoms with van der Waals surface area (Å²) in [5.41, 5.74) is 0. The molecule has 1 aliphatic carbocycles. The Kier molecular flexibility index (Phi) is 3.63. The summed E-state index contributed by atoms with van der Waals surface area (Å²) in [4.78, 5) is 15.4. The number of ether oxygens (including phenoxy) is 1. The van der Waals surface area contributed by atoms with E-state index in [-0.39, 0.29) is 16.9 Å². The van der Waals surface area contributed by atoms with Crippen LogP contribution in [-0.2, 0) is 19.6 Å². The van der Waals surface area contributed by atoms with Crippen LogP contribution in [0.15, 0.2) is 29.4 Å².